The summed E-state index contributed by atoms with van der Waals surface area (Å²) < 4.78 is 5.46. The number of carbonyl (C=O) groups is 2. The molecule has 1 unspecified atom stereocenters. The molecule has 4 rings (SSSR count). The van der Waals surface area contributed by atoms with Crippen LogP contribution < -0.4 is 0 Å². The van der Waals surface area contributed by atoms with Gasteiger partial charge in [0.2, 0.25) is 11.8 Å². The van der Waals surface area contributed by atoms with Crippen LogP contribution in [-0.4, -0.2) is 54.5 Å². The Hall–Kier alpha value is -1.88. The maximum atomic E-state index is 12.7. The van der Waals surface area contributed by atoms with Crippen LogP contribution in [0, 0.1) is 17.8 Å². The maximum Gasteiger partial charge on any atom is 0.235 e. The molecule has 122 valence electrons. The van der Waals surface area contributed by atoms with Gasteiger partial charge in [-0.2, -0.15) is 0 Å². The predicted molar refractivity (Wildman–Crippen MR) is 84.3 cm³/mol. The van der Waals surface area contributed by atoms with Gasteiger partial charge in [0.05, 0.1) is 13.2 Å². The molecule has 3 heterocycles. The highest BCUT2D eigenvalue weighted by molar-refractivity contribution is 6.01. The zero-order valence-corrected chi connectivity index (χ0v) is 13.2. The lowest BCUT2D eigenvalue weighted by atomic mass is 10.0. The molecule has 2 amide bonds. The smallest absolute Gasteiger partial charge is 0.235 e. The van der Waals surface area contributed by atoms with Gasteiger partial charge in [-0.25, -0.2) is 0 Å². The Bertz CT molecular complexity index is 592. The summed E-state index contributed by atoms with van der Waals surface area (Å²) in [7, 11) is 0. The number of fused-ring (bicyclic) bond motifs is 1. The van der Waals surface area contributed by atoms with E-state index in [1.165, 1.54) is 0 Å². The number of amides is 2. The van der Waals surface area contributed by atoms with Crippen molar-refractivity contribution in [3.8, 4) is 0 Å². The summed E-state index contributed by atoms with van der Waals surface area (Å²) in [4.78, 5) is 29.0. The summed E-state index contributed by atoms with van der Waals surface area (Å²) in [6, 6.07) is 9.96. The predicted octanol–water partition coefficient (Wildman–Crippen LogP) is 1.14. The van der Waals surface area contributed by atoms with E-state index < -0.39 is 5.92 Å². The molecule has 0 aliphatic carbocycles. The van der Waals surface area contributed by atoms with Crippen molar-refractivity contribution in [3.63, 3.8) is 0 Å². The number of ether oxygens (including phenoxy) is 1. The van der Waals surface area contributed by atoms with Gasteiger partial charge in [0.25, 0.3) is 0 Å². The molecule has 3 aliphatic rings. The van der Waals surface area contributed by atoms with E-state index in [4.69, 9.17) is 4.74 Å². The van der Waals surface area contributed by atoms with Crippen molar-refractivity contribution in [2.24, 2.45) is 17.8 Å². The van der Waals surface area contributed by atoms with Crippen LogP contribution in [0.4, 0.5) is 0 Å². The topological polar surface area (TPSA) is 49.9 Å². The lowest BCUT2D eigenvalue weighted by Gasteiger charge is -2.21. The zero-order chi connectivity index (χ0) is 15.8. The number of benzene rings is 1. The fraction of sp³-hybridized carbons (Fsp3) is 0.556. The Morgan fingerprint density at radius 1 is 1.13 bits per heavy atom. The van der Waals surface area contributed by atoms with Crippen molar-refractivity contribution in [2.75, 3.05) is 32.8 Å². The van der Waals surface area contributed by atoms with Crippen LogP contribution in [0.25, 0.3) is 0 Å². The van der Waals surface area contributed by atoms with Crippen molar-refractivity contribution in [3.05, 3.63) is 35.9 Å². The number of nitrogens with zero attached hydrogens (tertiary/aromatic N) is 2. The van der Waals surface area contributed by atoms with Gasteiger partial charge in [-0.1, -0.05) is 30.3 Å². The molecule has 3 fully saturated rings. The van der Waals surface area contributed by atoms with Crippen LogP contribution in [0.1, 0.15) is 12.0 Å². The van der Waals surface area contributed by atoms with Crippen LogP contribution in [0.15, 0.2) is 30.3 Å². The van der Waals surface area contributed by atoms with E-state index >= 15 is 0 Å². The summed E-state index contributed by atoms with van der Waals surface area (Å²) >= 11 is 0. The van der Waals surface area contributed by atoms with E-state index in [1.54, 1.807) is 0 Å². The van der Waals surface area contributed by atoms with Crippen molar-refractivity contribution in [1.82, 2.24) is 9.80 Å². The Kier molecular flexibility index (Phi) is 3.81. The van der Waals surface area contributed by atoms with E-state index in [0.717, 1.165) is 31.9 Å². The average Bonchev–Trinajstić information content (AvgIpc) is 3.24. The normalized spacial score (nSPS) is 30.1. The van der Waals surface area contributed by atoms with Crippen molar-refractivity contribution in [2.45, 2.75) is 13.0 Å². The van der Waals surface area contributed by atoms with E-state index in [-0.39, 0.29) is 11.8 Å². The SMILES string of the molecule is O=C1C(C(=O)N2C[C@H]3COC[C@H]3C2)CCN1Cc1ccccc1. The molecular weight excluding hydrogens is 292 g/mol. The number of rotatable bonds is 3. The monoisotopic (exact) mass is 314 g/mol. The minimum atomic E-state index is -0.474. The van der Waals surface area contributed by atoms with Gasteiger partial charge in [-0.3, -0.25) is 9.59 Å². The van der Waals surface area contributed by atoms with Gasteiger partial charge in [-0.15, -0.1) is 0 Å². The Balaban J connectivity index is 1.38. The molecule has 1 aromatic rings. The molecule has 3 saturated heterocycles. The second kappa shape index (κ2) is 5.96. The molecular formula is C18H22N2O3. The molecule has 0 spiro atoms. The summed E-state index contributed by atoms with van der Waals surface area (Å²) in [5.74, 6) is 0.484. The molecule has 0 radical (unpaired) electrons. The summed E-state index contributed by atoms with van der Waals surface area (Å²) in [5.41, 5.74) is 1.11. The van der Waals surface area contributed by atoms with Crippen molar-refractivity contribution >= 4 is 11.8 Å². The molecule has 5 nitrogen and oxygen atoms in total. The van der Waals surface area contributed by atoms with Gasteiger partial charge in [-0.05, 0) is 12.0 Å². The third kappa shape index (κ3) is 2.74. The fourth-order valence-electron chi connectivity index (χ4n) is 4.02. The largest absolute Gasteiger partial charge is 0.381 e. The highest BCUT2D eigenvalue weighted by Crippen LogP contribution is 2.31. The van der Waals surface area contributed by atoms with E-state index in [1.807, 2.05) is 40.1 Å². The minimum Gasteiger partial charge on any atom is -0.381 e. The third-order valence-corrected chi connectivity index (χ3v) is 5.36. The van der Waals surface area contributed by atoms with Gasteiger partial charge in [0, 0.05) is 38.0 Å². The van der Waals surface area contributed by atoms with E-state index in [9.17, 15) is 9.59 Å². The molecule has 0 saturated carbocycles. The van der Waals surface area contributed by atoms with E-state index in [2.05, 4.69) is 0 Å². The molecule has 1 aromatic carbocycles. The lowest BCUT2D eigenvalue weighted by Crippen LogP contribution is -2.39. The van der Waals surface area contributed by atoms with E-state index in [0.29, 0.717) is 31.3 Å². The molecule has 3 atom stereocenters. The number of carbonyl (C=O) groups excluding carboxylic acids is 2. The average molecular weight is 314 g/mol. The summed E-state index contributed by atoms with van der Waals surface area (Å²) in [6.45, 7) is 4.30. The van der Waals surface area contributed by atoms with Gasteiger partial charge >= 0.3 is 0 Å². The van der Waals surface area contributed by atoms with Crippen LogP contribution in [0.5, 0.6) is 0 Å². The zero-order valence-electron chi connectivity index (χ0n) is 13.2. The minimum absolute atomic E-state index is 0.00726. The van der Waals surface area contributed by atoms with Gasteiger partial charge in [0.1, 0.15) is 5.92 Å². The molecule has 0 N–H and O–H groups in total. The van der Waals surface area contributed by atoms with Gasteiger partial charge < -0.3 is 14.5 Å². The van der Waals surface area contributed by atoms with Crippen molar-refractivity contribution < 1.29 is 14.3 Å². The first-order valence-electron chi connectivity index (χ1n) is 8.41. The highest BCUT2D eigenvalue weighted by atomic mass is 16.5. The first-order valence-corrected chi connectivity index (χ1v) is 8.41. The van der Waals surface area contributed by atoms with Crippen LogP contribution in [0.3, 0.4) is 0 Å². The molecule has 23 heavy (non-hydrogen) atoms. The molecule has 0 bridgehead atoms. The van der Waals surface area contributed by atoms with Crippen LogP contribution in [-0.2, 0) is 20.9 Å². The molecule has 5 heteroatoms. The Morgan fingerprint density at radius 3 is 2.52 bits per heavy atom. The summed E-state index contributed by atoms with van der Waals surface area (Å²) in [5, 5.41) is 0. The quantitative estimate of drug-likeness (QED) is 0.786. The van der Waals surface area contributed by atoms with Crippen LogP contribution >= 0.6 is 0 Å². The van der Waals surface area contributed by atoms with Gasteiger partial charge in [0.15, 0.2) is 0 Å². The third-order valence-electron chi connectivity index (χ3n) is 5.36. The second-order valence-electron chi connectivity index (χ2n) is 6.89. The van der Waals surface area contributed by atoms with Crippen LogP contribution in [0.2, 0.25) is 0 Å². The molecule has 0 aromatic heterocycles. The first-order chi connectivity index (χ1) is 11.2. The Morgan fingerprint density at radius 2 is 1.83 bits per heavy atom. The fourth-order valence-corrected chi connectivity index (χ4v) is 4.02. The number of likely N-dealkylation sites (tertiary alicyclic amines) is 2. The first kappa shape index (κ1) is 14.7. The number of hydrogen-bond donors (Lipinski definition) is 0. The summed E-state index contributed by atoms with van der Waals surface area (Å²) in [6.07, 6.45) is 0.646. The lowest BCUT2D eigenvalue weighted by molar-refractivity contribution is -0.143. The number of hydrogen-bond acceptors (Lipinski definition) is 3. The Labute approximate surface area is 136 Å². The standard InChI is InChI=1S/C18H22N2O3/c21-17-16(6-7-19(17)8-13-4-2-1-3-5-13)18(22)20-9-14-11-23-12-15(14)10-20/h1-5,14-16H,6-12H2/t14-,15+,16?. The maximum absolute atomic E-state index is 12.7. The van der Waals surface area contributed by atoms with Crippen molar-refractivity contribution in [1.29, 1.82) is 0 Å². The molecule has 3 aliphatic heterocycles. The highest BCUT2D eigenvalue weighted by Gasteiger charge is 2.44. The second-order valence-corrected chi connectivity index (χ2v) is 6.89.